The first-order valence-corrected chi connectivity index (χ1v) is 0. The molecule has 0 aromatic heterocycles. The minimum atomic E-state index is 0. The van der Waals surface area contributed by atoms with Gasteiger partial charge in [0.2, 0.25) is 0 Å². The van der Waals surface area contributed by atoms with Crippen molar-refractivity contribution >= 4 is 63.5 Å². The van der Waals surface area contributed by atoms with Gasteiger partial charge in [-0.1, -0.05) is 0 Å². The van der Waals surface area contributed by atoms with Crippen molar-refractivity contribution in [2.75, 3.05) is 0 Å². The molecule has 0 aliphatic rings. The summed E-state index contributed by atoms with van der Waals surface area (Å²) in [6.45, 7) is 0. The zero-order valence-corrected chi connectivity index (χ0v) is 10.2. The van der Waals surface area contributed by atoms with Crippen molar-refractivity contribution in [3.8, 4) is 0 Å². The van der Waals surface area contributed by atoms with Crippen LogP contribution >= 0.6 is 13.5 Å². The van der Waals surface area contributed by atoms with Crippen LogP contribution in [0.1, 0.15) is 0 Å². The van der Waals surface area contributed by atoms with E-state index in [0.29, 0.717) is 0 Å². The molecule has 0 saturated heterocycles. The van der Waals surface area contributed by atoms with E-state index in [1.54, 1.807) is 0 Å². The summed E-state index contributed by atoms with van der Waals surface area (Å²) in [4.78, 5) is 0. The van der Waals surface area contributed by atoms with Crippen LogP contribution in [0.2, 0.25) is 0 Å². The van der Waals surface area contributed by atoms with Crippen molar-refractivity contribution in [3.63, 3.8) is 0 Å². The van der Waals surface area contributed by atoms with Gasteiger partial charge in [0, 0.05) is 0 Å². The van der Waals surface area contributed by atoms with E-state index in [4.69, 9.17) is 0 Å². The molecule has 0 saturated carbocycles. The van der Waals surface area contributed by atoms with E-state index in [1.165, 1.54) is 0 Å². The molecule has 6 heavy (non-hydrogen) atoms. The summed E-state index contributed by atoms with van der Waals surface area (Å²) < 4.78 is 0. The molecule has 0 fully saturated rings. The Kier molecular flexibility index (Phi) is 701. The average Bonchev–Trinajstić information content (AvgIpc) is 0. The summed E-state index contributed by atoms with van der Waals surface area (Å²) in [5, 5.41) is 0. The molecule has 0 bridgehead atoms. The van der Waals surface area contributed by atoms with Gasteiger partial charge in [-0.15, -0.1) is 0 Å². The molecule has 32 valence electrons. The fourth-order valence-electron chi connectivity index (χ4n) is 0. The van der Waals surface area contributed by atoms with E-state index in [0.717, 1.165) is 0 Å². The summed E-state index contributed by atoms with van der Waals surface area (Å²) in [7, 11) is 0. The summed E-state index contributed by atoms with van der Waals surface area (Å²) in [6, 6.07) is 0. The second-order valence-electron chi connectivity index (χ2n) is 0. The first-order valence-electron chi connectivity index (χ1n) is 0. The Hall–Kier alpha value is 2.40. The van der Waals surface area contributed by atoms with Gasteiger partial charge in [0.25, 0.3) is 0 Å². The maximum Gasteiger partial charge on any atom is 2.00 e. The third-order valence-electron chi connectivity index (χ3n) is 0. The van der Waals surface area contributed by atoms with Crippen LogP contribution in [-0.2, 0) is 46.5 Å². The molecule has 0 spiro atoms. The second-order valence-corrected chi connectivity index (χ2v) is 0. The zero-order chi connectivity index (χ0) is 0. The first kappa shape index (κ1) is 79.9. The Labute approximate surface area is 87.6 Å². The van der Waals surface area contributed by atoms with Gasteiger partial charge in [0.1, 0.15) is 0 Å². The molecule has 0 aliphatic heterocycles. The predicted octanol–water partition coefficient (Wildman–Crippen LogP) is -1.10. The van der Waals surface area contributed by atoms with Crippen LogP contribution in [0.5, 0.6) is 0 Å². The fourth-order valence-corrected chi connectivity index (χ4v) is 0. The van der Waals surface area contributed by atoms with Crippen LogP contribution in [-0.4, -0.2) is 28.5 Å². The van der Waals surface area contributed by atoms with Crippen molar-refractivity contribution in [2.45, 2.75) is 0 Å². The van der Waals surface area contributed by atoms with Gasteiger partial charge in [-0.25, -0.2) is 0 Å². The quantitative estimate of drug-likeness (QED) is 0.450. The number of rotatable bonds is 0. The van der Waals surface area contributed by atoms with Crippen LogP contribution in [0.3, 0.4) is 0 Å². The topological polar surface area (TPSA) is 31.5 Å². The van der Waals surface area contributed by atoms with Crippen molar-refractivity contribution in [3.05, 3.63) is 0 Å². The smallest absolute Gasteiger partial charge is 2.00 e. The fraction of sp³-hybridized carbons (Fsp3) is 0. The molecular formula is H4MgOS3Zn. The monoisotopic (exact) mass is 204 g/mol. The molecular weight excluding hydrogens is 202 g/mol. The molecule has 0 amide bonds. The first-order chi connectivity index (χ1) is 0. The van der Waals surface area contributed by atoms with Gasteiger partial charge in [0.15, 0.2) is 0 Å². The molecule has 0 aromatic carbocycles. The third kappa shape index (κ3) is 32.4. The van der Waals surface area contributed by atoms with Crippen LogP contribution in [0.25, 0.3) is 0 Å². The molecule has 1 nitrogen and oxygen atoms in total. The van der Waals surface area contributed by atoms with Gasteiger partial charge in [-0.2, -0.15) is 13.5 Å². The Bertz CT molecular complexity index is 10.8. The molecule has 0 radical (unpaired) electrons. The molecule has 2 N–H and O–H groups in total. The van der Waals surface area contributed by atoms with E-state index in [9.17, 15) is 0 Å². The van der Waals surface area contributed by atoms with Gasteiger partial charge < -0.3 is 32.5 Å². The van der Waals surface area contributed by atoms with Gasteiger partial charge in [0.05, 0.1) is 0 Å². The van der Waals surface area contributed by atoms with Crippen LogP contribution in [0, 0.1) is 0 Å². The van der Waals surface area contributed by atoms with E-state index in [2.05, 4.69) is 0 Å². The summed E-state index contributed by atoms with van der Waals surface area (Å²) in [5.41, 5.74) is 0. The van der Waals surface area contributed by atoms with Crippen LogP contribution in [0.15, 0.2) is 0 Å². The Morgan fingerprint density at radius 3 is 0.833 bits per heavy atom. The standard InChI is InChI=1S/Mg.H2O.H2S.2S.Zn/h;2*1H2;;;/q+2;;;2*-2;+2. The zero-order valence-electron chi connectivity index (χ0n) is 3.23. The Balaban J connectivity index is 0. The SMILES string of the molecule is O.S.[Mg+2].[S-2].[S-2].[Zn+2]. The largest absolute Gasteiger partial charge is 2.00 e. The third-order valence-corrected chi connectivity index (χ3v) is 0. The van der Waals surface area contributed by atoms with Crippen molar-refractivity contribution in [1.29, 1.82) is 0 Å². The maximum absolute atomic E-state index is 0. The predicted molar refractivity (Wildman–Crippen MR) is 34.5 cm³/mol. The normalized spacial score (nSPS) is 0. The van der Waals surface area contributed by atoms with Crippen LogP contribution < -0.4 is 0 Å². The van der Waals surface area contributed by atoms with E-state index < -0.39 is 0 Å². The molecule has 0 aromatic rings. The van der Waals surface area contributed by atoms with Crippen molar-refractivity contribution < 1.29 is 25.0 Å². The minimum absolute atomic E-state index is 0. The van der Waals surface area contributed by atoms with E-state index in [-0.39, 0.29) is 88.5 Å². The van der Waals surface area contributed by atoms with E-state index in [1.807, 2.05) is 0 Å². The average molecular weight is 206 g/mol. The Morgan fingerprint density at radius 1 is 0.833 bits per heavy atom. The van der Waals surface area contributed by atoms with Crippen molar-refractivity contribution in [1.82, 2.24) is 0 Å². The van der Waals surface area contributed by atoms with Gasteiger partial charge in [-0.05, 0) is 0 Å². The number of hydrogen-bond acceptors (Lipinski definition) is 0. The Morgan fingerprint density at radius 2 is 0.833 bits per heavy atom. The summed E-state index contributed by atoms with van der Waals surface area (Å²) in [5.74, 6) is 0. The molecule has 6 heteroatoms. The molecule has 0 rings (SSSR count). The second kappa shape index (κ2) is 52.6. The summed E-state index contributed by atoms with van der Waals surface area (Å²) in [6.07, 6.45) is 0. The van der Waals surface area contributed by atoms with Crippen LogP contribution in [0.4, 0.5) is 0 Å². The van der Waals surface area contributed by atoms with Gasteiger partial charge >= 0.3 is 42.5 Å². The molecule has 0 atom stereocenters. The maximum atomic E-state index is 0. The van der Waals surface area contributed by atoms with E-state index >= 15 is 0 Å². The molecule has 0 heterocycles. The molecule has 0 unspecified atom stereocenters. The number of hydrogen-bond donors (Lipinski definition) is 0. The molecule has 0 aliphatic carbocycles. The summed E-state index contributed by atoms with van der Waals surface area (Å²) >= 11 is 0. The van der Waals surface area contributed by atoms with Crippen molar-refractivity contribution in [2.24, 2.45) is 0 Å². The minimum Gasteiger partial charge on any atom is -2.00 e. The van der Waals surface area contributed by atoms with Gasteiger partial charge in [-0.3, -0.25) is 0 Å².